The van der Waals surface area contributed by atoms with Crippen LogP contribution in [0.4, 0.5) is 0 Å². The van der Waals surface area contributed by atoms with Crippen molar-refractivity contribution in [1.29, 1.82) is 0 Å². The summed E-state index contributed by atoms with van der Waals surface area (Å²) in [5, 5.41) is 2.87. The van der Waals surface area contributed by atoms with E-state index < -0.39 is 6.04 Å². The number of amides is 2. The van der Waals surface area contributed by atoms with Crippen LogP contribution in [0, 0.1) is 0 Å². The highest BCUT2D eigenvalue weighted by Crippen LogP contribution is 2.15. The van der Waals surface area contributed by atoms with E-state index in [1.54, 1.807) is 25.9 Å². The van der Waals surface area contributed by atoms with Crippen LogP contribution in [0.1, 0.15) is 39.2 Å². The highest BCUT2D eigenvalue weighted by Gasteiger charge is 2.24. The second-order valence-electron chi connectivity index (χ2n) is 5.74. The molecule has 0 fully saturated rings. The standard InChI is InChI=1S/C19H30N2O4/c1-5-18(22)21(14-16-8-10-17(24-4)11-9-16)15(3)19(23)20-12-7-13-25-6-2/h8-11,15H,5-7,12-14H2,1-4H3,(H,20,23). The first-order chi connectivity index (χ1) is 12.0. The molecule has 1 rings (SSSR count). The number of carbonyl (C=O) groups is 2. The molecule has 2 amide bonds. The Balaban J connectivity index is 2.66. The average molecular weight is 350 g/mol. The van der Waals surface area contributed by atoms with Gasteiger partial charge in [0, 0.05) is 32.7 Å². The Kier molecular flexibility index (Phi) is 9.62. The van der Waals surface area contributed by atoms with Crippen LogP contribution in [0.5, 0.6) is 5.75 Å². The Bertz CT molecular complexity index is 531. The number of benzene rings is 1. The largest absolute Gasteiger partial charge is 0.497 e. The molecule has 0 bridgehead atoms. The number of nitrogens with one attached hydrogen (secondary N) is 1. The Hall–Kier alpha value is -2.08. The summed E-state index contributed by atoms with van der Waals surface area (Å²) in [6, 6.07) is 6.98. The van der Waals surface area contributed by atoms with Crippen molar-refractivity contribution >= 4 is 11.8 Å². The number of hydrogen-bond acceptors (Lipinski definition) is 4. The topological polar surface area (TPSA) is 67.9 Å². The third-order valence-corrected chi connectivity index (χ3v) is 3.95. The molecule has 1 atom stereocenters. The van der Waals surface area contributed by atoms with Crippen LogP contribution in [-0.4, -0.2) is 49.6 Å². The summed E-state index contributed by atoms with van der Waals surface area (Å²) < 4.78 is 10.4. The Morgan fingerprint density at radius 1 is 1.20 bits per heavy atom. The summed E-state index contributed by atoms with van der Waals surface area (Å²) in [7, 11) is 1.61. The number of rotatable bonds is 11. The molecule has 140 valence electrons. The minimum Gasteiger partial charge on any atom is -0.497 e. The second kappa shape index (κ2) is 11.5. The molecule has 0 saturated carbocycles. The zero-order valence-electron chi connectivity index (χ0n) is 15.7. The lowest BCUT2D eigenvalue weighted by Crippen LogP contribution is -2.47. The quantitative estimate of drug-likeness (QED) is 0.622. The molecule has 0 aliphatic rings. The molecule has 0 radical (unpaired) electrons. The predicted octanol–water partition coefficient (Wildman–Crippen LogP) is 2.37. The van der Waals surface area contributed by atoms with Gasteiger partial charge in [0.05, 0.1) is 7.11 Å². The lowest BCUT2D eigenvalue weighted by atomic mass is 10.1. The van der Waals surface area contributed by atoms with Gasteiger partial charge in [0.1, 0.15) is 11.8 Å². The van der Waals surface area contributed by atoms with E-state index in [9.17, 15) is 9.59 Å². The van der Waals surface area contributed by atoms with Crippen LogP contribution >= 0.6 is 0 Å². The Morgan fingerprint density at radius 3 is 2.44 bits per heavy atom. The smallest absolute Gasteiger partial charge is 0.242 e. The Morgan fingerprint density at radius 2 is 1.88 bits per heavy atom. The van der Waals surface area contributed by atoms with Crippen LogP contribution in [0.25, 0.3) is 0 Å². The first-order valence-corrected chi connectivity index (χ1v) is 8.81. The zero-order chi connectivity index (χ0) is 18.7. The fourth-order valence-electron chi connectivity index (χ4n) is 2.39. The molecule has 25 heavy (non-hydrogen) atoms. The number of methoxy groups -OCH3 is 1. The van der Waals surface area contributed by atoms with E-state index in [1.807, 2.05) is 31.2 Å². The summed E-state index contributed by atoms with van der Waals surface area (Å²) in [4.78, 5) is 26.3. The van der Waals surface area contributed by atoms with E-state index in [4.69, 9.17) is 9.47 Å². The number of ether oxygens (including phenoxy) is 2. The van der Waals surface area contributed by atoms with E-state index in [2.05, 4.69) is 5.32 Å². The van der Waals surface area contributed by atoms with Crippen LogP contribution in [0.2, 0.25) is 0 Å². The van der Waals surface area contributed by atoms with Gasteiger partial charge in [-0.15, -0.1) is 0 Å². The highest BCUT2D eigenvalue weighted by atomic mass is 16.5. The van der Waals surface area contributed by atoms with Gasteiger partial charge in [-0.3, -0.25) is 9.59 Å². The molecule has 0 saturated heterocycles. The SMILES string of the molecule is CCOCCCNC(=O)C(C)N(Cc1ccc(OC)cc1)C(=O)CC. The molecular formula is C19H30N2O4. The molecule has 0 aromatic heterocycles. The van der Waals surface area contributed by atoms with Gasteiger partial charge >= 0.3 is 0 Å². The van der Waals surface area contributed by atoms with Crippen LogP contribution in [0.15, 0.2) is 24.3 Å². The molecule has 0 aliphatic heterocycles. The molecule has 1 N–H and O–H groups in total. The van der Waals surface area contributed by atoms with Gasteiger partial charge < -0.3 is 19.7 Å². The molecule has 1 aromatic carbocycles. The minimum atomic E-state index is -0.526. The number of nitrogens with zero attached hydrogens (tertiary/aromatic N) is 1. The lowest BCUT2D eigenvalue weighted by Gasteiger charge is -2.28. The summed E-state index contributed by atoms with van der Waals surface area (Å²) in [5.74, 6) is 0.566. The Labute approximate surface area is 150 Å². The second-order valence-corrected chi connectivity index (χ2v) is 5.74. The van der Waals surface area contributed by atoms with Crippen molar-refractivity contribution in [1.82, 2.24) is 10.2 Å². The molecule has 1 unspecified atom stereocenters. The predicted molar refractivity (Wildman–Crippen MR) is 97.4 cm³/mol. The van der Waals surface area contributed by atoms with E-state index >= 15 is 0 Å². The molecule has 1 aromatic rings. The van der Waals surface area contributed by atoms with Crippen molar-refractivity contribution in [2.45, 2.75) is 46.2 Å². The maximum atomic E-state index is 12.4. The van der Waals surface area contributed by atoms with Crippen molar-refractivity contribution in [3.05, 3.63) is 29.8 Å². The fraction of sp³-hybridized carbons (Fsp3) is 0.579. The molecular weight excluding hydrogens is 320 g/mol. The van der Waals surface area contributed by atoms with Gasteiger partial charge in [0.25, 0.3) is 0 Å². The normalized spacial score (nSPS) is 11.7. The van der Waals surface area contributed by atoms with E-state index in [0.717, 1.165) is 17.7 Å². The van der Waals surface area contributed by atoms with E-state index in [-0.39, 0.29) is 11.8 Å². The number of hydrogen-bond donors (Lipinski definition) is 1. The third-order valence-electron chi connectivity index (χ3n) is 3.95. The fourth-order valence-corrected chi connectivity index (χ4v) is 2.39. The maximum Gasteiger partial charge on any atom is 0.242 e. The van der Waals surface area contributed by atoms with Gasteiger partial charge in [-0.25, -0.2) is 0 Å². The lowest BCUT2D eigenvalue weighted by molar-refractivity contribution is -0.140. The first-order valence-electron chi connectivity index (χ1n) is 8.81. The van der Waals surface area contributed by atoms with Gasteiger partial charge in [0.2, 0.25) is 11.8 Å². The maximum absolute atomic E-state index is 12.4. The first kappa shape index (κ1) is 21.0. The van der Waals surface area contributed by atoms with Gasteiger partial charge in [-0.1, -0.05) is 19.1 Å². The van der Waals surface area contributed by atoms with Crippen molar-refractivity contribution in [2.24, 2.45) is 0 Å². The highest BCUT2D eigenvalue weighted by molar-refractivity contribution is 5.87. The zero-order valence-corrected chi connectivity index (χ0v) is 15.7. The summed E-state index contributed by atoms with van der Waals surface area (Å²) in [6.07, 6.45) is 1.12. The van der Waals surface area contributed by atoms with Gasteiger partial charge in [0.15, 0.2) is 0 Å². The van der Waals surface area contributed by atoms with Gasteiger partial charge in [-0.2, -0.15) is 0 Å². The summed E-state index contributed by atoms with van der Waals surface area (Å²) in [5.41, 5.74) is 0.957. The molecule has 0 spiro atoms. The van der Waals surface area contributed by atoms with Crippen molar-refractivity contribution in [3.8, 4) is 5.75 Å². The summed E-state index contributed by atoms with van der Waals surface area (Å²) in [6.45, 7) is 7.72. The van der Waals surface area contributed by atoms with Crippen LogP contribution < -0.4 is 10.1 Å². The van der Waals surface area contributed by atoms with E-state index in [0.29, 0.717) is 32.7 Å². The van der Waals surface area contributed by atoms with E-state index in [1.165, 1.54) is 0 Å². The average Bonchev–Trinajstić information content (AvgIpc) is 2.65. The molecule has 6 heteroatoms. The molecule has 6 nitrogen and oxygen atoms in total. The molecule has 0 heterocycles. The van der Waals surface area contributed by atoms with Crippen molar-refractivity contribution in [2.75, 3.05) is 26.9 Å². The summed E-state index contributed by atoms with van der Waals surface area (Å²) >= 11 is 0. The minimum absolute atomic E-state index is 0.0483. The van der Waals surface area contributed by atoms with Crippen LogP contribution in [0.3, 0.4) is 0 Å². The van der Waals surface area contributed by atoms with Crippen LogP contribution in [-0.2, 0) is 20.9 Å². The van der Waals surface area contributed by atoms with Crippen molar-refractivity contribution in [3.63, 3.8) is 0 Å². The number of carbonyl (C=O) groups excluding carboxylic acids is 2. The molecule has 0 aliphatic carbocycles. The third kappa shape index (κ3) is 7.13. The van der Waals surface area contributed by atoms with Gasteiger partial charge in [-0.05, 0) is 38.0 Å². The monoisotopic (exact) mass is 350 g/mol. The van der Waals surface area contributed by atoms with Crippen molar-refractivity contribution < 1.29 is 19.1 Å².